The molecule has 2 heterocycles. The van der Waals surface area contributed by atoms with Crippen molar-refractivity contribution in [2.24, 2.45) is 0 Å². The van der Waals surface area contributed by atoms with Crippen molar-refractivity contribution >= 4 is 15.8 Å². The van der Waals surface area contributed by atoms with Gasteiger partial charge in [0.1, 0.15) is 5.82 Å². The lowest BCUT2D eigenvalue weighted by atomic mass is 10.1. The molecule has 0 amide bonds. The van der Waals surface area contributed by atoms with E-state index in [9.17, 15) is 8.42 Å². The lowest BCUT2D eigenvalue weighted by molar-refractivity contribution is 0.321. The van der Waals surface area contributed by atoms with E-state index < -0.39 is 10.0 Å². The quantitative estimate of drug-likeness (QED) is 0.838. The molecular weight excluding hydrogens is 262 g/mol. The Morgan fingerprint density at radius 2 is 2.21 bits per heavy atom. The van der Waals surface area contributed by atoms with Crippen molar-refractivity contribution < 1.29 is 8.42 Å². The van der Waals surface area contributed by atoms with Gasteiger partial charge in [-0.05, 0) is 37.5 Å². The summed E-state index contributed by atoms with van der Waals surface area (Å²) in [5.41, 5.74) is 1.17. The van der Waals surface area contributed by atoms with Crippen molar-refractivity contribution in [3.8, 4) is 0 Å². The summed E-state index contributed by atoms with van der Waals surface area (Å²) in [6.07, 6.45) is 4.96. The number of likely N-dealkylation sites (N-methyl/N-ethyl adjacent to an activating group) is 1. The van der Waals surface area contributed by atoms with Gasteiger partial charge in [-0.25, -0.2) is 17.7 Å². The smallest absolute Gasteiger partial charge is 0.211 e. The maximum Gasteiger partial charge on any atom is 0.211 e. The average molecular weight is 283 g/mol. The van der Waals surface area contributed by atoms with Crippen LogP contribution in [0.1, 0.15) is 18.4 Å². The van der Waals surface area contributed by atoms with Gasteiger partial charge >= 0.3 is 0 Å². The topological polar surface area (TPSA) is 53.5 Å². The molecular formula is C13H21N3O2S. The molecule has 1 unspecified atom stereocenters. The van der Waals surface area contributed by atoms with Gasteiger partial charge in [0.2, 0.25) is 10.0 Å². The Hall–Kier alpha value is -1.14. The van der Waals surface area contributed by atoms with E-state index in [1.54, 1.807) is 13.2 Å². The molecule has 1 atom stereocenters. The summed E-state index contributed by atoms with van der Waals surface area (Å²) in [5.74, 6) is 0.937. The number of anilines is 1. The van der Waals surface area contributed by atoms with Crippen molar-refractivity contribution in [1.29, 1.82) is 0 Å². The number of aryl methyl sites for hydroxylation is 1. The lowest BCUT2D eigenvalue weighted by Crippen LogP contribution is -2.48. The van der Waals surface area contributed by atoms with Crippen molar-refractivity contribution in [2.45, 2.75) is 25.8 Å². The number of sulfonamides is 1. The van der Waals surface area contributed by atoms with Crippen LogP contribution in [0.15, 0.2) is 18.3 Å². The molecule has 0 bridgehead atoms. The molecule has 1 aromatic heterocycles. The van der Waals surface area contributed by atoms with Crippen molar-refractivity contribution in [1.82, 2.24) is 9.29 Å². The van der Waals surface area contributed by atoms with E-state index in [0.29, 0.717) is 6.54 Å². The fraction of sp³-hybridized carbons (Fsp3) is 0.615. The molecule has 106 valence electrons. The normalized spacial score (nSPS) is 20.8. The third-order valence-corrected chi connectivity index (χ3v) is 5.00. The highest BCUT2D eigenvalue weighted by Crippen LogP contribution is 2.21. The van der Waals surface area contributed by atoms with E-state index in [1.165, 1.54) is 16.1 Å². The molecule has 1 aliphatic rings. The summed E-state index contributed by atoms with van der Waals surface area (Å²) in [5, 5.41) is 0. The van der Waals surface area contributed by atoms with Gasteiger partial charge in [0, 0.05) is 32.4 Å². The number of piperidine rings is 1. The second-order valence-corrected chi connectivity index (χ2v) is 7.25. The largest absolute Gasteiger partial charge is 0.355 e. The van der Waals surface area contributed by atoms with Crippen LogP contribution in [0.5, 0.6) is 0 Å². The number of aromatic nitrogens is 1. The zero-order valence-electron chi connectivity index (χ0n) is 11.7. The van der Waals surface area contributed by atoms with E-state index in [2.05, 4.69) is 9.88 Å². The molecule has 0 spiro atoms. The van der Waals surface area contributed by atoms with Crippen LogP contribution in [-0.4, -0.2) is 50.1 Å². The van der Waals surface area contributed by atoms with Crippen LogP contribution in [0.25, 0.3) is 0 Å². The van der Waals surface area contributed by atoms with E-state index in [0.717, 1.165) is 25.2 Å². The fourth-order valence-corrected chi connectivity index (χ4v) is 3.14. The molecule has 5 nitrogen and oxygen atoms in total. The molecule has 0 radical (unpaired) electrons. The third-order valence-electron chi connectivity index (χ3n) is 3.66. The highest BCUT2D eigenvalue weighted by atomic mass is 32.2. The van der Waals surface area contributed by atoms with Crippen LogP contribution >= 0.6 is 0 Å². The van der Waals surface area contributed by atoms with Crippen LogP contribution in [-0.2, 0) is 10.0 Å². The summed E-state index contributed by atoms with van der Waals surface area (Å²) < 4.78 is 24.7. The molecule has 1 aliphatic heterocycles. The van der Waals surface area contributed by atoms with Gasteiger partial charge in [-0.15, -0.1) is 0 Å². The standard InChI is InChI=1S/C13H21N3O2S/c1-11-6-7-14-13(9-11)16-8-4-5-12(10-16)15(2)19(3,17)18/h6-7,9,12H,4-5,8,10H2,1-3H3. The third kappa shape index (κ3) is 3.45. The summed E-state index contributed by atoms with van der Waals surface area (Å²) in [6, 6.07) is 4.04. The zero-order valence-corrected chi connectivity index (χ0v) is 12.5. The first-order valence-electron chi connectivity index (χ1n) is 6.48. The van der Waals surface area contributed by atoms with Crippen LogP contribution in [0.2, 0.25) is 0 Å². The molecule has 19 heavy (non-hydrogen) atoms. The second-order valence-electron chi connectivity index (χ2n) is 5.21. The van der Waals surface area contributed by atoms with Gasteiger partial charge in [-0.1, -0.05) is 0 Å². The fourth-order valence-electron chi connectivity index (χ4n) is 2.42. The Balaban J connectivity index is 2.13. The van der Waals surface area contributed by atoms with E-state index in [1.807, 2.05) is 19.1 Å². The highest BCUT2D eigenvalue weighted by Gasteiger charge is 2.28. The van der Waals surface area contributed by atoms with Crippen LogP contribution in [0.3, 0.4) is 0 Å². The van der Waals surface area contributed by atoms with E-state index in [4.69, 9.17) is 0 Å². The maximum absolute atomic E-state index is 11.6. The molecule has 1 fully saturated rings. The van der Waals surface area contributed by atoms with Gasteiger partial charge in [-0.2, -0.15) is 0 Å². The first-order chi connectivity index (χ1) is 8.88. The Morgan fingerprint density at radius 1 is 1.47 bits per heavy atom. The first kappa shape index (κ1) is 14.3. The maximum atomic E-state index is 11.6. The number of pyridine rings is 1. The molecule has 6 heteroatoms. The molecule has 0 aromatic carbocycles. The summed E-state index contributed by atoms with van der Waals surface area (Å²) in [6.45, 7) is 3.68. The molecule has 0 saturated carbocycles. The zero-order chi connectivity index (χ0) is 14.0. The predicted molar refractivity (Wildman–Crippen MR) is 76.8 cm³/mol. The van der Waals surface area contributed by atoms with Crippen LogP contribution < -0.4 is 4.90 Å². The summed E-state index contributed by atoms with van der Waals surface area (Å²) in [7, 11) is -1.47. The number of rotatable bonds is 3. The van der Waals surface area contributed by atoms with E-state index >= 15 is 0 Å². The Labute approximate surface area is 115 Å². The van der Waals surface area contributed by atoms with Crippen molar-refractivity contribution in [3.05, 3.63) is 23.9 Å². The van der Waals surface area contributed by atoms with E-state index in [-0.39, 0.29) is 6.04 Å². The van der Waals surface area contributed by atoms with Gasteiger partial charge in [-0.3, -0.25) is 0 Å². The SMILES string of the molecule is Cc1ccnc(N2CCCC(N(C)S(C)(=O)=O)C2)c1. The minimum Gasteiger partial charge on any atom is -0.355 e. The minimum absolute atomic E-state index is 0.0334. The van der Waals surface area contributed by atoms with Crippen LogP contribution in [0, 0.1) is 6.92 Å². The van der Waals surface area contributed by atoms with Gasteiger partial charge in [0.15, 0.2) is 0 Å². The average Bonchev–Trinajstić information content (AvgIpc) is 2.37. The molecule has 2 rings (SSSR count). The molecule has 0 aliphatic carbocycles. The Kier molecular flexibility index (Phi) is 4.10. The summed E-state index contributed by atoms with van der Waals surface area (Å²) in [4.78, 5) is 6.55. The Bertz CT molecular complexity index is 545. The lowest BCUT2D eigenvalue weighted by Gasteiger charge is -2.37. The predicted octanol–water partition coefficient (Wildman–Crippen LogP) is 1.25. The number of hydrogen-bond acceptors (Lipinski definition) is 4. The highest BCUT2D eigenvalue weighted by molar-refractivity contribution is 7.88. The molecule has 1 aromatic rings. The minimum atomic E-state index is -3.13. The Morgan fingerprint density at radius 3 is 2.84 bits per heavy atom. The molecule has 0 N–H and O–H groups in total. The number of hydrogen-bond donors (Lipinski definition) is 0. The van der Waals surface area contributed by atoms with Crippen LogP contribution in [0.4, 0.5) is 5.82 Å². The summed E-state index contributed by atoms with van der Waals surface area (Å²) >= 11 is 0. The van der Waals surface area contributed by atoms with Crippen molar-refractivity contribution in [2.75, 3.05) is 31.3 Å². The molecule has 1 saturated heterocycles. The first-order valence-corrected chi connectivity index (χ1v) is 8.33. The monoisotopic (exact) mass is 283 g/mol. The van der Waals surface area contributed by atoms with Gasteiger partial charge < -0.3 is 4.90 Å². The van der Waals surface area contributed by atoms with Gasteiger partial charge in [0.05, 0.1) is 6.26 Å². The van der Waals surface area contributed by atoms with Gasteiger partial charge in [0.25, 0.3) is 0 Å². The number of nitrogens with zero attached hydrogens (tertiary/aromatic N) is 3. The van der Waals surface area contributed by atoms with Crippen molar-refractivity contribution in [3.63, 3.8) is 0 Å². The second kappa shape index (κ2) is 5.46.